The Morgan fingerprint density at radius 1 is 1.07 bits per heavy atom. The zero-order valence-corrected chi connectivity index (χ0v) is 21.1. The molecule has 0 bridgehead atoms. The standard InChI is InChI=1S/C26H42BrNO/c1-7-8-9-10-11-12-16-24(26(5,6)25(2,3)4)29-19-21-17-22-20(18-28-21)14-13-15-23(22)27/h13-15,18,21,24H,7-12,16-17,19H2,1-6H3/t21-,24?/m1/s1. The first-order valence-electron chi connectivity index (χ1n) is 11.6. The Morgan fingerprint density at radius 3 is 2.45 bits per heavy atom. The average Bonchev–Trinajstić information content (AvgIpc) is 2.66. The smallest absolute Gasteiger partial charge is 0.0774 e. The number of hydrogen-bond donors (Lipinski definition) is 0. The molecule has 1 aromatic rings. The van der Waals surface area contributed by atoms with Gasteiger partial charge < -0.3 is 4.74 Å². The van der Waals surface area contributed by atoms with E-state index in [0.29, 0.717) is 6.61 Å². The summed E-state index contributed by atoms with van der Waals surface area (Å²) in [4.78, 5) is 4.79. The van der Waals surface area contributed by atoms with Gasteiger partial charge in [0.25, 0.3) is 0 Å². The molecular weight excluding hydrogens is 422 g/mol. The molecule has 2 rings (SSSR count). The number of unbranched alkanes of at least 4 members (excludes halogenated alkanes) is 5. The predicted molar refractivity (Wildman–Crippen MR) is 130 cm³/mol. The third-order valence-corrected chi connectivity index (χ3v) is 7.81. The molecule has 1 aliphatic heterocycles. The highest BCUT2D eigenvalue weighted by Crippen LogP contribution is 2.44. The van der Waals surface area contributed by atoms with Crippen LogP contribution in [-0.4, -0.2) is 25.0 Å². The average molecular weight is 465 g/mol. The fraction of sp³-hybridized carbons (Fsp3) is 0.731. The van der Waals surface area contributed by atoms with Gasteiger partial charge in [0.05, 0.1) is 18.8 Å². The topological polar surface area (TPSA) is 21.6 Å². The van der Waals surface area contributed by atoms with E-state index in [0.717, 1.165) is 12.8 Å². The molecule has 0 N–H and O–H groups in total. The van der Waals surface area contributed by atoms with Crippen molar-refractivity contribution >= 4 is 22.1 Å². The van der Waals surface area contributed by atoms with Crippen LogP contribution in [0.15, 0.2) is 27.7 Å². The zero-order valence-electron chi connectivity index (χ0n) is 19.6. The van der Waals surface area contributed by atoms with Crippen molar-refractivity contribution in [2.45, 2.75) is 105 Å². The van der Waals surface area contributed by atoms with Crippen molar-refractivity contribution < 1.29 is 4.74 Å². The van der Waals surface area contributed by atoms with Crippen LogP contribution in [0.5, 0.6) is 0 Å². The number of halogens is 1. The molecule has 1 unspecified atom stereocenters. The first-order valence-corrected chi connectivity index (χ1v) is 12.4. The monoisotopic (exact) mass is 463 g/mol. The highest BCUT2D eigenvalue weighted by Gasteiger charge is 2.40. The quantitative estimate of drug-likeness (QED) is 0.304. The van der Waals surface area contributed by atoms with Crippen LogP contribution in [0.25, 0.3) is 0 Å². The van der Waals surface area contributed by atoms with E-state index >= 15 is 0 Å². The molecule has 0 saturated carbocycles. The number of benzene rings is 1. The van der Waals surface area contributed by atoms with Crippen LogP contribution < -0.4 is 0 Å². The lowest BCUT2D eigenvalue weighted by Gasteiger charge is -2.45. The maximum atomic E-state index is 6.63. The summed E-state index contributed by atoms with van der Waals surface area (Å²) in [5.74, 6) is 0. The second kappa shape index (κ2) is 11.1. The number of rotatable bonds is 11. The summed E-state index contributed by atoms with van der Waals surface area (Å²) < 4.78 is 7.81. The van der Waals surface area contributed by atoms with Crippen LogP contribution in [0.3, 0.4) is 0 Å². The SMILES string of the molecule is CCCCCCCCC(OC[C@H]1Cc2c(Br)cccc2C=N1)C(C)(C)C(C)(C)C. The van der Waals surface area contributed by atoms with Gasteiger partial charge in [-0.25, -0.2) is 0 Å². The maximum absolute atomic E-state index is 6.63. The van der Waals surface area contributed by atoms with Crippen LogP contribution in [0.4, 0.5) is 0 Å². The second-order valence-electron chi connectivity index (χ2n) is 10.3. The minimum absolute atomic E-state index is 0.118. The lowest BCUT2D eigenvalue weighted by molar-refractivity contribution is -0.0836. The molecule has 2 atom stereocenters. The van der Waals surface area contributed by atoms with Crippen molar-refractivity contribution in [3.8, 4) is 0 Å². The van der Waals surface area contributed by atoms with E-state index in [1.54, 1.807) is 0 Å². The van der Waals surface area contributed by atoms with Crippen LogP contribution in [0.1, 0.15) is 97.6 Å². The third kappa shape index (κ3) is 6.92. The lowest BCUT2D eigenvalue weighted by Crippen LogP contribution is -2.43. The normalized spacial score (nSPS) is 18.0. The molecule has 2 nitrogen and oxygen atoms in total. The van der Waals surface area contributed by atoms with E-state index < -0.39 is 0 Å². The van der Waals surface area contributed by atoms with E-state index in [2.05, 4.69) is 75.7 Å². The van der Waals surface area contributed by atoms with Crippen molar-refractivity contribution in [1.82, 2.24) is 0 Å². The van der Waals surface area contributed by atoms with Gasteiger partial charge in [-0.15, -0.1) is 0 Å². The molecule has 1 aliphatic rings. The van der Waals surface area contributed by atoms with Crippen molar-refractivity contribution in [2.24, 2.45) is 15.8 Å². The summed E-state index contributed by atoms with van der Waals surface area (Å²) in [7, 11) is 0. The molecule has 3 heteroatoms. The van der Waals surface area contributed by atoms with Crippen LogP contribution in [-0.2, 0) is 11.2 Å². The van der Waals surface area contributed by atoms with Gasteiger partial charge in [-0.2, -0.15) is 0 Å². The number of hydrogen-bond acceptors (Lipinski definition) is 2. The maximum Gasteiger partial charge on any atom is 0.0774 e. The van der Waals surface area contributed by atoms with Gasteiger partial charge in [-0.1, -0.05) is 108 Å². The summed E-state index contributed by atoms with van der Waals surface area (Å²) in [5.41, 5.74) is 2.91. The highest BCUT2D eigenvalue weighted by molar-refractivity contribution is 9.10. The molecule has 0 amide bonds. The van der Waals surface area contributed by atoms with Gasteiger partial charge in [0.15, 0.2) is 0 Å². The molecule has 0 radical (unpaired) electrons. The van der Waals surface area contributed by atoms with Gasteiger partial charge in [0.1, 0.15) is 0 Å². The largest absolute Gasteiger partial charge is 0.375 e. The van der Waals surface area contributed by atoms with E-state index in [1.807, 2.05) is 6.21 Å². The molecule has 0 fully saturated rings. The lowest BCUT2D eigenvalue weighted by atomic mass is 9.65. The summed E-state index contributed by atoms with van der Waals surface area (Å²) in [6.07, 6.45) is 12.4. The van der Waals surface area contributed by atoms with E-state index in [4.69, 9.17) is 9.73 Å². The van der Waals surface area contributed by atoms with Gasteiger partial charge in [-0.05, 0) is 40.9 Å². The van der Waals surface area contributed by atoms with Crippen LogP contribution in [0, 0.1) is 10.8 Å². The number of aliphatic imine (C=N–C) groups is 1. The van der Waals surface area contributed by atoms with Crippen molar-refractivity contribution in [2.75, 3.05) is 6.61 Å². The minimum atomic E-state index is 0.118. The second-order valence-corrected chi connectivity index (χ2v) is 11.1. The molecule has 0 saturated heterocycles. The number of ether oxygens (including phenoxy) is 1. The Hall–Kier alpha value is -0.670. The summed E-state index contributed by atoms with van der Waals surface area (Å²) >= 11 is 3.70. The van der Waals surface area contributed by atoms with Crippen molar-refractivity contribution in [3.63, 3.8) is 0 Å². The number of fused-ring (bicyclic) bond motifs is 1. The predicted octanol–water partition coefficient (Wildman–Crippen LogP) is 8.00. The fourth-order valence-electron chi connectivity index (χ4n) is 3.96. The van der Waals surface area contributed by atoms with Crippen molar-refractivity contribution in [1.29, 1.82) is 0 Å². The zero-order chi connectivity index (χ0) is 21.5. The van der Waals surface area contributed by atoms with Gasteiger partial charge in [0.2, 0.25) is 0 Å². The van der Waals surface area contributed by atoms with E-state index in [1.165, 1.54) is 54.1 Å². The molecule has 1 aromatic carbocycles. The van der Waals surface area contributed by atoms with E-state index in [9.17, 15) is 0 Å². The summed E-state index contributed by atoms with van der Waals surface area (Å²) in [6, 6.07) is 6.56. The number of nitrogens with zero attached hydrogens (tertiary/aromatic N) is 1. The molecule has 0 aromatic heterocycles. The molecule has 164 valence electrons. The van der Waals surface area contributed by atoms with Crippen LogP contribution >= 0.6 is 15.9 Å². The van der Waals surface area contributed by atoms with Crippen molar-refractivity contribution in [3.05, 3.63) is 33.8 Å². The minimum Gasteiger partial charge on any atom is -0.375 e. The Balaban J connectivity index is 1.96. The highest BCUT2D eigenvalue weighted by atomic mass is 79.9. The molecule has 29 heavy (non-hydrogen) atoms. The fourth-order valence-corrected chi connectivity index (χ4v) is 4.50. The molecule has 0 aliphatic carbocycles. The molecule has 0 spiro atoms. The Bertz CT molecular complexity index is 659. The van der Waals surface area contributed by atoms with Gasteiger partial charge >= 0.3 is 0 Å². The Labute approximate surface area is 188 Å². The molecular formula is C26H42BrNO. The van der Waals surface area contributed by atoms with Gasteiger partial charge in [-0.3, -0.25) is 4.99 Å². The first-order chi connectivity index (χ1) is 13.7. The Kier molecular flexibility index (Phi) is 9.41. The van der Waals surface area contributed by atoms with Gasteiger partial charge in [0, 0.05) is 10.7 Å². The first kappa shape index (κ1) is 24.6. The summed E-state index contributed by atoms with van der Waals surface area (Å²) in [5, 5.41) is 0. The third-order valence-electron chi connectivity index (χ3n) is 7.07. The van der Waals surface area contributed by atoms with Crippen LogP contribution in [0.2, 0.25) is 0 Å². The van der Waals surface area contributed by atoms with E-state index in [-0.39, 0.29) is 23.0 Å². The summed E-state index contributed by atoms with van der Waals surface area (Å²) in [6.45, 7) is 14.8. The molecule has 1 heterocycles. The Morgan fingerprint density at radius 2 is 1.76 bits per heavy atom.